The van der Waals surface area contributed by atoms with E-state index >= 15 is 0 Å². The Labute approximate surface area is 67.4 Å². The lowest BCUT2D eigenvalue weighted by Gasteiger charge is -1.99. The first-order valence-corrected chi connectivity index (χ1v) is 3.01. The van der Waals surface area contributed by atoms with E-state index in [-0.39, 0.29) is 5.82 Å². The number of methoxy groups -OCH3 is 1. The van der Waals surface area contributed by atoms with Crippen LogP contribution >= 0.6 is 0 Å². The number of rotatable bonds is 1. The summed E-state index contributed by atoms with van der Waals surface area (Å²) in [6, 6.07) is 0. The fourth-order valence-electron chi connectivity index (χ4n) is 0.622. The highest BCUT2D eigenvalue weighted by Crippen LogP contribution is 2.09. The Morgan fingerprint density at radius 2 is 2.33 bits per heavy atom. The van der Waals surface area contributed by atoms with Crippen LogP contribution in [0.5, 0.6) is 0 Å². The fraction of sp³-hybridized carbons (Fsp3) is 0.167. The molecule has 0 amide bonds. The van der Waals surface area contributed by atoms with Crippen molar-refractivity contribution in [3.63, 3.8) is 0 Å². The highest BCUT2D eigenvalue weighted by atomic mass is 19.1. The molecule has 0 saturated carbocycles. The van der Waals surface area contributed by atoms with Gasteiger partial charge in [0.1, 0.15) is 6.33 Å². The zero-order chi connectivity index (χ0) is 9.14. The number of nitrogens with two attached hydrogens (primary N) is 1. The van der Waals surface area contributed by atoms with Crippen LogP contribution in [-0.2, 0) is 4.74 Å². The van der Waals surface area contributed by atoms with E-state index in [2.05, 4.69) is 14.7 Å². The third kappa shape index (κ3) is 1.31. The van der Waals surface area contributed by atoms with Crippen molar-refractivity contribution in [2.45, 2.75) is 0 Å². The second-order valence-electron chi connectivity index (χ2n) is 1.91. The van der Waals surface area contributed by atoms with Crippen LogP contribution in [0.3, 0.4) is 0 Å². The molecule has 0 fully saturated rings. The van der Waals surface area contributed by atoms with Gasteiger partial charge >= 0.3 is 5.97 Å². The molecule has 1 heterocycles. The zero-order valence-corrected chi connectivity index (χ0v) is 6.24. The third-order valence-corrected chi connectivity index (χ3v) is 1.20. The van der Waals surface area contributed by atoms with E-state index in [0.717, 1.165) is 13.4 Å². The number of ether oxygens (including phenoxy) is 1. The van der Waals surface area contributed by atoms with Crippen molar-refractivity contribution < 1.29 is 13.9 Å². The van der Waals surface area contributed by atoms with E-state index in [4.69, 9.17) is 5.73 Å². The first kappa shape index (κ1) is 8.38. The Kier molecular flexibility index (Phi) is 2.18. The molecule has 0 atom stereocenters. The average molecular weight is 171 g/mol. The van der Waals surface area contributed by atoms with E-state index in [0.29, 0.717) is 0 Å². The first-order chi connectivity index (χ1) is 5.66. The molecule has 6 heteroatoms. The molecule has 1 rings (SSSR count). The zero-order valence-electron chi connectivity index (χ0n) is 6.24. The van der Waals surface area contributed by atoms with Crippen molar-refractivity contribution in [3.8, 4) is 0 Å². The average Bonchev–Trinajstić information content (AvgIpc) is 2.08. The molecular weight excluding hydrogens is 165 g/mol. The molecule has 2 N–H and O–H groups in total. The number of nitrogen functional groups attached to an aromatic ring is 1. The Balaban J connectivity index is 3.16. The van der Waals surface area contributed by atoms with E-state index < -0.39 is 17.5 Å². The Bertz CT molecular complexity index is 316. The van der Waals surface area contributed by atoms with Gasteiger partial charge in [0.25, 0.3) is 0 Å². The smallest absolute Gasteiger partial charge is 0.359 e. The molecule has 0 bridgehead atoms. The minimum atomic E-state index is -0.954. The normalized spacial score (nSPS) is 9.50. The third-order valence-electron chi connectivity index (χ3n) is 1.20. The minimum Gasteiger partial charge on any atom is -0.464 e. The SMILES string of the molecule is COC(=O)c1ncnc(N)c1F. The van der Waals surface area contributed by atoms with Crippen molar-refractivity contribution in [3.05, 3.63) is 17.8 Å². The van der Waals surface area contributed by atoms with Gasteiger partial charge in [0.2, 0.25) is 0 Å². The number of hydrogen-bond donors (Lipinski definition) is 1. The lowest BCUT2D eigenvalue weighted by Crippen LogP contribution is -2.10. The predicted octanol–water partition coefficient (Wildman–Crippen LogP) is -0.0155. The van der Waals surface area contributed by atoms with Crippen LogP contribution in [0.4, 0.5) is 10.2 Å². The summed E-state index contributed by atoms with van der Waals surface area (Å²) in [5.41, 5.74) is 4.63. The van der Waals surface area contributed by atoms with Crippen molar-refractivity contribution in [1.82, 2.24) is 9.97 Å². The second-order valence-corrected chi connectivity index (χ2v) is 1.91. The summed E-state index contributed by atoms with van der Waals surface area (Å²) < 4.78 is 17.1. The molecule has 0 aliphatic heterocycles. The standard InChI is InChI=1S/C6H6FN3O2/c1-12-6(11)4-3(7)5(8)10-2-9-4/h2H,1H3,(H2,8,9,10). The van der Waals surface area contributed by atoms with E-state index in [1.54, 1.807) is 0 Å². The Hall–Kier alpha value is -1.72. The van der Waals surface area contributed by atoms with Gasteiger partial charge < -0.3 is 10.5 Å². The van der Waals surface area contributed by atoms with Gasteiger partial charge in [-0.2, -0.15) is 0 Å². The van der Waals surface area contributed by atoms with Gasteiger partial charge in [-0.15, -0.1) is 0 Å². The summed E-state index contributed by atoms with van der Waals surface area (Å²) in [5.74, 6) is -2.20. The van der Waals surface area contributed by atoms with Gasteiger partial charge in [-0.25, -0.2) is 19.2 Å². The number of aromatic nitrogens is 2. The first-order valence-electron chi connectivity index (χ1n) is 3.01. The quantitative estimate of drug-likeness (QED) is 0.601. The molecule has 12 heavy (non-hydrogen) atoms. The molecule has 0 aliphatic rings. The predicted molar refractivity (Wildman–Crippen MR) is 37.7 cm³/mol. The van der Waals surface area contributed by atoms with Crippen LogP contribution in [0.2, 0.25) is 0 Å². The van der Waals surface area contributed by atoms with Crippen LogP contribution in [0.1, 0.15) is 10.5 Å². The second kappa shape index (κ2) is 3.12. The number of nitrogens with zero attached hydrogens (tertiary/aromatic N) is 2. The number of carbonyl (C=O) groups excluding carboxylic acids is 1. The van der Waals surface area contributed by atoms with Crippen LogP contribution in [-0.4, -0.2) is 23.0 Å². The monoisotopic (exact) mass is 171 g/mol. The number of carbonyl (C=O) groups is 1. The summed E-state index contributed by atoms with van der Waals surface area (Å²) in [6.45, 7) is 0. The molecule has 0 saturated heterocycles. The summed E-state index contributed by atoms with van der Waals surface area (Å²) in [6.07, 6.45) is 0.991. The number of hydrogen-bond acceptors (Lipinski definition) is 5. The van der Waals surface area contributed by atoms with Gasteiger partial charge in [-0.05, 0) is 0 Å². The molecular formula is C6H6FN3O2. The summed E-state index contributed by atoms with van der Waals surface area (Å²) in [4.78, 5) is 17.5. The molecule has 0 aliphatic carbocycles. The van der Waals surface area contributed by atoms with Crippen LogP contribution < -0.4 is 5.73 Å². The molecule has 0 aromatic carbocycles. The number of halogens is 1. The van der Waals surface area contributed by atoms with Crippen molar-refractivity contribution in [1.29, 1.82) is 0 Å². The Morgan fingerprint density at radius 3 is 2.92 bits per heavy atom. The van der Waals surface area contributed by atoms with Gasteiger partial charge in [0, 0.05) is 0 Å². The highest BCUT2D eigenvalue weighted by Gasteiger charge is 2.16. The minimum absolute atomic E-state index is 0.370. The number of anilines is 1. The van der Waals surface area contributed by atoms with E-state index in [9.17, 15) is 9.18 Å². The van der Waals surface area contributed by atoms with Crippen molar-refractivity contribution in [2.75, 3.05) is 12.8 Å². The molecule has 1 aromatic rings. The van der Waals surface area contributed by atoms with Crippen LogP contribution in [0.25, 0.3) is 0 Å². The number of esters is 1. The molecule has 0 spiro atoms. The molecule has 0 unspecified atom stereocenters. The van der Waals surface area contributed by atoms with Crippen molar-refractivity contribution in [2.24, 2.45) is 0 Å². The molecule has 5 nitrogen and oxygen atoms in total. The molecule has 64 valence electrons. The summed E-state index contributed by atoms with van der Waals surface area (Å²) >= 11 is 0. The topological polar surface area (TPSA) is 78.1 Å². The highest BCUT2D eigenvalue weighted by molar-refractivity contribution is 5.88. The van der Waals surface area contributed by atoms with E-state index in [1.165, 1.54) is 0 Å². The summed E-state index contributed by atoms with van der Waals surface area (Å²) in [7, 11) is 1.13. The van der Waals surface area contributed by atoms with Gasteiger partial charge in [0.15, 0.2) is 17.3 Å². The maximum absolute atomic E-state index is 12.9. The largest absolute Gasteiger partial charge is 0.464 e. The van der Waals surface area contributed by atoms with Crippen molar-refractivity contribution >= 4 is 11.8 Å². The Morgan fingerprint density at radius 1 is 1.67 bits per heavy atom. The lowest BCUT2D eigenvalue weighted by molar-refractivity contribution is 0.0588. The van der Waals surface area contributed by atoms with Gasteiger partial charge in [-0.3, -0.25) is 0 Å². The van der Waals surface area contributed by atoms with Crippen LogP contribution in [0, 0.1) is 5.82 Å². The lowest BCUT2D eigenvalue weighted by atomic mass is 10.4. The molecule has 0 radical (unpaired) electrons. The van der Waals surface area contributed by atoms with Crippen LogP contribution in [0.15, 0.2) is 6.33 Å². The summed E-state index contributed by atoms with van der Waals surface area (Å²) in [5, 5.41) is 0. The van der Waals surface area contributed by atoms with Gasteiger partial charge in [-0.1, -0.05) is 0 Å². The fourth-order valence-corrected chi connectivity index (χ4v) is 0.622. The van der Waals surface area contributed by atoms with Gasteiger partial charge in [0.05, 0.1) is 7.11 Å². The maximum atomic E-state index is 12.9. The molecule has 1 aromatic heterocycles. The maximum Gasteiger partial charge on any atom is 0.359 e. The van der Waals surface area contributed by atoms with E-state index in [1.807, 2.05) is 0 Å².